The third-order valence-corrected chi connectivity index (χ3v) is 2.86. The minimum atomic E-state index is -0.509. The van der Waals surface area contributed by atoms with E-state index in [-0.39, 0.29) is 5.91 Å². The van der Waals surface area contributed by atoms with Gasteiger partial charge in [0.15, 0.2) is 0 Å². The molecule has 1 aromatic carbocycles. The van der Waals surface area contributed by atoms with Gasteiger partial charge in [0, 0.05) is 25.7 Å². The highest BCUT2D eigenvalue weighted by Gasteiger charge is 2.15. The second-order valence-electron chi connectivity index (χ2n) is 5.87. The van der Waals surface area contributed by atoms with Gasteiger partial charge >= 0.3 is 6.09 Å². The first-order chi connectivity index (χ1) is 9.73. The Morgan fingerprint density at radius 3 is 2.24 bits per heavy atom. The van der Waals surface area contributed by atoms with E-state index in [0.29, 0.717) is 18.7 Å². The van der Waals surface area contributed by atoms with Crippen LogP contribution >= 0.6 is 0 Å². The first-order valence-electron chi connectivity index (χ1n) is 7.04. The highest BCUT2D eigenvalue weighted by molar-refractivity contribution is 5.94. The quantitative estimate of drug-likeness (QED) is 0.928. The number of hydrogen-bond donors (Lipinski definition) is 1. The molecule has 0 bridgehead atoms. The molecule has 21 heavy (non-hydrogen) atoms. The van der Waals surface area contributed by atoms with Gasteiger partial charge in [0.05, 0.1) is 0 Å². The average Bonchev–Trinajstić information content (AvgIpc) is 2.42. The second kappa shape index (κ2) is 7.11. The number of hydrogen-bond acceptors (Lipinski definition) is 3. The van der Waals surface area contributed by atoms with E-state index >= 15 is 0 Å². The molecular weight excluding hydrogens is 268 g/mol. The summed E-state index contributed by atoms with van der Waals surface area (Å²) in [6, 6.07) is 7.18. The van der Waals surface area contributed by atoms with E-state index in [4.69, 9.17) is 4.74 Å². The number of carbonyl (C=O) groups is 2. The molecule has 116 valence electrons. The fraction of sp³-hybridized carbons (Fsp3) is 0.500. The molecule has 1 rings (SSSR count). The van der Waals surface area contributed by atoms with E-state index in [0.717, 1.165) is 5.56 Å². The van der Waals surface area contributed by atoms with Crippen molar-refractivity contribution in [3.63, 3.8) is 0 Å². The highest BCUT2D eigenvalue weighted by Crippen LogP contribution is 2.09. The molecule has 2 amide bonds. The Morgan fingerprint density at radius 2 is 1.76 bits per heavy atom. The molecule has 0 radical (unpaired) electrons. The molecule has 5 heteroatoms. The number of amides is 2. The molecule has 0 aromatic heterocycles. The van der Waals surface area contributed by atoms with Crippen LogP contribution in [0.15, 0.2) is 24.3 Å². The van der Waals surface area contributed by atoms with Gasteiger partial charge in [-0.3, -0.25) is 4.79 Å². The first-order valence-corrected chi connectivity index (χ1v) is 7.04. The second-order valence-corrected chi connectivity index (χ2v) is 5.87. The van der Waals surface area contributed by atoms with Gasteiger partial charge in [0.1, 0.15) is 5.60 Å². The van der Waals surface area contributed by atoms with E-state index in [9.17, 15) is 9.59 Å². The Morgan fingerprint density at radius 1 is 1.19 bits per heavy atom. The smallest absolute Gasteiger partial charge is 0.407 e. The molecule has 0 aliphatic rings. The van der Waals surface area contributed by atoms with Crippen molar-refractivity contribution in [2.24, 2.45) is 0 Å². The Bertz CT molecular complexity index is 489. The van der Waals surface area contributed by atoms with Gasteiger partial charge in [0.2, 0.25) is 0 Å². The number of nitrogens with zero attached hydrogens (tertiary/aromatic N) is 1. The van der Waals surface area contributed by atoms with Crippen LogP contribution in [0.5, 0.6) is 0 Å². The highest BCUT2D eigenvalue weighted by atomic mass is 16.6. The maximum absolute atomic E-state index is 11.9. The van der Waals surface area contributed by atoms with E-state index in [1.165, 1.54) is 0 Å². The fourth-order valence-electron chi connectivity index (χ4n) is 1.62. The molecule has 1 N–H and O–H groups in total. The van der Waals surface area contributed by atoms with Crippen LogP contribution in [0.3, 0.4) is 0 Å². The van der Waals surface area contributed by atoms with Crippen LogP contribution in [0.25, 0.3) is 0 Å². The van der Waals surface area contributed by atoms with Crippen LogP contribution in [0.1, 0.15) is 43.6 Å². The van der Waals surface area contributed by atoms with Gasteiger partial charge in [-0.05, 0) is 45.4 Å². The third kappa shape index (κ3) is 5.85. The summed E-state index contributed by atoms with van der Waals surface area (Å²) in [4.78, 5) is 25.1. The van der Waals surface area contributed by atoms with Crippen LogP contribution in [-0.4, -0.2) is 36.1 Å². The standard InChI is InChI=1S/C16H24N2O3/c1-6-18(5)14(19)13-9-7-12(8-10-13)11-17-15(20)21-16(2,3)4/h7-10H,6,11H2,1-5H3,(H,17,20). The summed E-state index contributed by atoms with van der Waals surface area (Å²) >= 11 is 0. The van der Waals surface area contributed by atoms with Gasteiger partial charge in [-0.1, -0.05) is 12.1 Å². The largest absolute Gasteiger partial charge is 0.444 e. The van der Waals surface area contributed by atoms with Gasteiger partial charge < -0.3 is 15.0 Å². The zero-order valence-electron chi connectivity index (χ0n) is 13.4. The van der Waals surface area contributed by atoms with Crippen molar-refractivity contribution in [2.45, 2.75) is 39.8 Å². The molecule has 0 aliphatic carbocycles. The number of benzene rings is 1. The van der Waals surface area contributed by atoms with Crippen molar-refractivity contribution in [1.29, 1.82) is 0 Å². The lowest BCUT2D eigenvalue weighted by molar-refractivity contribution is 0.0523. The maximum atomic E-state index is 11.9. The summed E-state index contributed by atoms with van der Waals surface area (Å²) < 4.78 is 5.16. The summed E-state index contributed by atoms with van der Waals surface area (Å²) in [5.41, 5.74) is 1.04. The molecule has 0 aliphatic heterocycles. The fourth-order valence-corrected chi connectivity index (χ4v) is 1.62. The minimum absolute atomic E-state index is 0.0100. The van der Waals surface area contributed by atoms with Gasteiger partial charge in [-0.2, -0.15) is 0 Å². The summed E-state index contributed by atoms with van der Waals surface area (Å²) in [6.07, 6.45) is -0.451. The Balaban J connectivity index is 2.56. The van der Waals surface area contributed by atoms with Crippen molar-refractivity contribution >= 4 is 12.0 Å². The molecule has 0 spiro atoms. The molecule has 5 nitrogen and oxygen atoms in total. The summed E-state index contributed by atoms with van der Waals surface area (Å²) in [7, 11) is 1.76. The van der Waals surface area contributed by atoms with Crippen molar-refractivity contribution in [3.8, 4) is 0 Å². The van der Waals surface area contributed by atoms with Crippen molar-refractivity contribution in [3.05, 3.63) is 35.4 Å². The van der Waals surface area contributed by atoms with Crippen LogP contribution in [-0.2, 0) is 11.3 Å². The zero-order valence-corrected chi connectivity index (χ0v) is 13.4. The van der Waals surface area contributed by atoms with E-state index in [2.05, 4.69) is 5.32 Å². The van der Waals surface area contributed by atoms with Gasteiger partial charge in [0.25, 0.3) is 5.91 Å². The molecule has 0 saturated carbocycles. The summed E-state index contributed by atoms with van der Waals surface area (Å²) in [5.74, 6) is -0.0100. The minimum Gasteiger partial charge on any atom is -0.444 e. The van der Waals surface area contributed by atoms with Crippen LogP contribution in [0.4, 0.5) is 4.79 Å². The van der Waals surface area contributed by atoms with Crippen molar-refractivity contribution in [1.82, 2.24) is 10.2 Å². The molecule has 0 heterocycles. The molecule has 0 saturated heterocycles. The lowest BCUT2D eigenvalue weighted by Gasteiger charge is -2.19. The molecule has 0 unspecified atom stereocenters. The maximum Gasteiger partial charge on any atom is 0.407 e. The van der Waals surface area contributed by atoms with E-state index in [1.807, 2.05) is 39.8 Å². The Hall–Kier alpha value is -2.04. The first kappa shape index (κ1) is 17.0. The number of nitrogens with one attached hydrogen (secondary N) is 1. The third-order valence-electron chi connectivity index (χ3n) is 2.86. The predicted molar refractivity (Wildman–Crippen MR) is 82.2 cm³/mol. The molecular formula is C16H24N2O3. The lowest BCUT2D eigenvalue weighted by atomic mass is 10.1. The summed E-state index contributed by atoms with van der Waals surface area (Å²) in [6.45, 7) is 8.41. The molecule has 1 aromatic rings. The van der Waals surface area contributed by atoms with Gasteiger partial charge in [-0.25, -0.2) is 4.79 Å². The SMILES string of the molecule is CCN(C)C(=O)c1ccc(CNC(=O)OC(C)(C)C)cc1. The Kier molecular flexibility index (Phi) is 5.76. The van der Waals surface area contributed by atoms with Crippen LogP contribution in [0, 0.1) is 0 Å². The molecule has 0 atom stereocenters. The van der Waals surface area contributed by atoms with E-state index in [1.54, 1.807) is 24.1 Å². The predicted octanol–water partition coefficient (Wildman–Crippen LogP) is 2.80. The topological polar surface area (TPSA) is 58.6 Å². The average molecular weight is 292 g/mol. The molecule has 0 fully saturated rings. The van der Waals surface area contributed by atoms with E-state index < -0.39 is 11.7 Å². The van der Waals surface area contributed by atoms with Crippen LogP contribution < -0.4 is 5.32 Å². The van der Waals surface area contributed by atoms with Crippen molar-refractivity contribution < 1.29 is 14.3 Å². The normalized spacial score (nSPS) is 10.9. The summed E-state index contributed by atoms with van der Waals surface area (Å²) in [5, 5.41) is 2.68. The monoisotopic (exact) mass is 292 g/mol. The van der Waals surface area contributed by atoms with Crippen LogP contribution in [0.2, 0.25) is 0 Å². The lowest BCUT2D eigenvalue weighted by Crippen LogP contribution is -2.32. The number of rotatable bonds is 4. The number of ether oxygens (including phenoxy) is 1. The van der Waals surface area contributed by atoms with Gasteiger partial charge in [-0.15, -0.1) is 0 Å². The van der Waals surface area contributed by atoms with Crippen molar-refractivity contribution in [2.75, 3.05) is 13.6 Å². The Labute approximate surface area is 126 Å². The number of alkyl carbamates (subject to hydrolysis) is 1. The zero-order chi connectivity index (χ0) is 16.0. The number of carbonyl (C=O) groups excluding carboxylic acids is 2.